The van der Waals surface area contributed by atoms with Crippen LogP contribution < -0.4 is 0 Å². The maximum Gasteiger partial charge on any atom is 0.311 e. The van der Waals surface area contributed by atoms with Crippen LogP contribution in [0.25, 0.3) is 0 Å². The van der Waals surface area contributed by atoms with Crippen molar-refractivity contribution in [3.63, 3.8) is 0 Å². The summed E-state index contributed by atoms with van der Waals surface area (Å²) in [6.45, 7) is 4.05. The van der Waals surface area contributed by atoms with Gasteiger partial charge in [-0.2, -0.15) is 0 Å². The van der Waals surface area contributed by atoms with Gasteiger partial charge in [0.1, 0.15) is 42.7 Å². The zero-order chi connectivity index (χ0) is 21.2. The lowest BCUT2D eigenvalue weighted by Crippen LogP contribution is -2.61. The van der Waals surface area contributed by atoms with E-state index in [1.165, 1.54) is 0 Å². The van der Waals surface area contributed by atoms with Crippen LogP contribution in [-0.2, 0) is 23.7 Å². The van der Waals surface area contributed by atoms with E-state index in [1.807, 2.05) is 13.8 Å². The van der Waals surface area contributed by atoms with E-state index in [-0.39, 0.29) is 5.92 Å². The van der Waals surface area contributed by atoms with Crippen LogP contribution >= 0.6 is 0 Å². The summed E-state index contributed by atoms with van der Waals surface area (Å²) in [4.78, 5) is 12.2. The quantitative estimate of drug-likeness (QED) is 0.237. The van der Waals surface area contributed by atoms with E-state index in [0.29, 0.717) is 0 Å². The lowest BCUT2D eigenvalue weighted by molar-refractivity contribution is -0.324. The minimum atomic E-state index is -1.66. The third kappa shape index (κ3) is 4.81. The first-order chi connectivity index (χ1) is 13.1. The first kappa shape index (κ1) is 23.4. The minimum Gasteiger partial charge on any atom is -0.433 e. The highest BCUT2D eigenvalue weighted by Crippen LogP contribution is 2.30. The summed E-state index contributed by atoms with van der Waals surface area (Å²) >= 11 is 0. The van der Waals surface area contributed by atoms with Crippen LogP contribution in [0.15, 0.2) is 0 Å². The Kier molecular flexibility index (Phi) is 8.14. The molecule has 0 bridgehead atoms. The van der Waals surface area contributed by atoms with Gasteiger partial charge in [0.05, 0.1) is 19.1 Å². The van der Waals surface area contributed by atoms with Gasteiger partial charge in [-0.1, -0.05) is 20.8 Å². The summed E-state index contributed by atoms with van der Waals surface area (Å²) in [6, 6.07) is 0. The van der Waals surface area contributed by atoms with Gasteiger partial charge < -0.3 is 49.6 Å². The van der Waals surface area contributed by atoms with Gasteiger partial charge in [0.2, 0.25) is 6.29 Å². The molecule has 2 aliphatic rings. The molecule has 0 aliphatic carbocycles. The van der Waals surface area contributed by atoms with Crippen molar-refractivity contribution in [2.45, 2.75) is 76.1 Å². The second-order valence-corrected chi connectivity index (χ2v) is 7.48. The lowest BCUT2D eigenvalue weighted by atomic mass is 9.97. The third-order valence-corrected chi connectivity index (χ3v) is 5.22. The highest BCUT2D eigenvalue weighted by Gasteiger charge is 2.51. The van der Waals surface area contributed by atoms with Crippen LogP contribution in [0.4, 0.5) is 0 Å². The van der Waals surface area contributed by atoms with Crippen molar-refractivity contribution >= 4 is 5.97 Å². The molecule has 2 heterocycles. The van der Waals surface area contributed by atoms with Gasteiger partial charge in [-0.15, -0.1) is 0 Å². The fourth-order valence-corrected chi connectivity index (χ4v) is 2.94. The molecule has 0 amide bonds. The Morgan fingerprint density at radius 3 is 1.89 bits per heavy atom. The van der Waals surface area contributed by atoms with Gasteiger partial charge in [0.25, 0.3) is 0 Å². The van der Waals surface area contributed by atoms with Crippen LogP contribution in [0.3, 0.4) is 0 Å². The number of carbonyl (C=O) groups excluding carboxylic acids is 1. The maximum atomic E-state index is 12.2. The van der Waals surface area contributed by atoms with Gasteiger partial charge in [-0.25, -0.2) is 0 Å². The molecule has 11 nitrogen and oxygen atoms in total. The van der Waals surface area contributed by atoms with Crippen molar-refractivity contribution in [2.24, 2.45) is 11.8 Å². The number of aliphatic hydroxyl groups is 6. The predicted octanol–water partition coefficient (Wildman–Crippen LogP) is -2.92. The van der Waals surface area contributed by atoms with Gasteiger partial charge in [-0.3, -0.25) is 4.79 Å². The summed E-state index contributed by atoms with van der Waals surface area (Å²) in [7, 11) is 0. The van der Waals surface area contributed by atoms with Crippen molar-refractivity contribution in [3.8, 4) is 0 Å². The van der Waals surface area contributed by atoms with Crippen molar-refractivity contribution in [2.75, 3.05) is 13.2 Å². The number of hydrogen-bond donors (Lipinski definition) is 6. The Bertz CT molecular complexity index is 515. The van der Waals surface area contributed by atoms with Crippen molar-refractivity contribution < 1.29 is 54.4 Å². The molecular formula is C17H30O11. The smallest absolute Gasteiger partial charge is 0.311 e. The van der Waals surface area contributed by atoms with Crippen LogP contribution in [0.5, 0.6) is 0 Å². The molecule has 0 aromatic carbocycles. The molecule has 164 valence electrons. The topological polar surface area (TPSA) is 175 Å². The average molecular weight is 410 g/mol. The summed E-state index contributed by atoms with van der Waals surface area (Å²) in [5.74, 6) is -1.16. The summed E-state index contributed by atoms with van der Waals surface area (Å²) in [5.41, 5.74) is 0. The molecule has 10 atom stereocenters. The molecule has 2 saturated heterocycles. The second-order valence-electron chi connectivity index (χ2n) is 7.48. The molecule has 10 unspecified atom stereocenters. The first-order valence-electron chi connectivity index (χ1n) is 9.23. The fraction of sp³-hybridized carbons (Fsp3) is 0.941. The number of ether oxygens (including phenoxy) is 4. The Morgan fingerprint density at radius 2 is 1.39 bits per heavy atom. The minimum absolute atomic E-state index is 0.0292. The molecular weight excluding hydrogens is 380 g/mol. The summed E-state index contributed by atoms with van der Waals surface area (Å²) in [6.07, 6.45) is -13.0. The molecule has 2 aliphatic heterocycles. The Labute approximate surface area is 162 Å². The van der Waals surface area contributed by atoms with Gasteiger partial charge in [0.15, 0.2) is 6.29 Å². The maximum absolute atomic E-state index is 12.2. The summed E-state index contributed by atoms with van der Waals surface area (Å²) in [5, 5.41) is 59.2. The van der Waals surface area contributed by atoms with E-state index in [4.69, 9.17) is 24.1 Å². The zero-order valence-corrected chi connectivity index (χ0v) is 16.0. The zero-order valence-electron chi connectivity index (χ0n) is 16.0. The standard InChI is InChI=1S/C17H30O11/c1-6(2)7(3)15(24)28-17-13(23)14(11(21)9(5-19)26-17)27-16-12(22)10(20)8(4-18)25-16/h6-14,16-23H,4-5H2,1-3H3. The molecule has 6 N–H and O–H groups in total. The first-order valence-corrected chi connectivity index (χ1v) is 9.23. The van der Waals surface area contributed by atoms with Crippen LogP contribution in [0.1, 0.15) is 20.8 Å². The molecule has 2 fully saturated rings. The summed E-state index contributed by atoms with van der Waals surface area (Å²) < 4.78 is 21.1. The molecule has 2 rings (SSSR count). The largest absolute Gasteiger partial charge is 0.433 e. The highest BCUT2D eigenvalue weighted by molar-refractivity contribution is 5.72. The molecule has 0 spiro atoms. The Hall–Kier alpha value is -0.890. The van der Waals surface area contributed by atoms with Gasteiger partial charge in [0, 0.05) is 0 Å². The van der Waals surface area contributed by atoms with E-state index in [2.05, 4.69) is 0 Å². The molecule has 11 heteroatoms. The average Bonchev–Trinajstić information content (AvgIpc) is 2.94. The number of aliphatic hydroxyl groups excluding tert-OH is 6. The fourth-order valence-electron chi connectivity index (χ4n) is 2.94. The highest BCUT2D eigenvalue weighted by atomic mass is 16.7. The van der Waals surface area contributed by atoms with Crippen molar-refractivity contribution in [1.82, 2.24) is 0 Å². The van der Waals surface area contributed by atoms with Crippen LogP contribution in [0, 0.1) is 11.8 Å². The van der Waals surface area contributed by atoms with Gasteiger partial charge in [-0.05, 0) is 5.92 Å². The van der Waals surface area contributed by atoms with Gasteiger partial charge >= 0.3 is 5.97 Å². The van der Waals surface area contributed by atoms with Crippen LogP contribution in [-0.4, -0.2) is 105 Å². The van der Waals surface area contributed by atoms with E-state index in [9.17, 15) is 30.3 Å². The SMILES string of the molecule is CC(C)C(C)C(=O)OC1OC(CO)C(O)C(OC2OC(CO)C(O)C2O)C1O. The van der Waals surface area contributed by atoms with Crippen molar-refractivity contribution in [3.05, 3.63) is 0 Å². The molecule has 0 saturated carbocycles. The van der Waals surface area contributed by atoms with E-state index in [0.717, 1.165) is 0 Å². The number of hydrogen-bond acceptors (Lipinski definition) is 11. The molecule has 0 aromatic rings. The van der Waals surface area contributed by atoms with Crippen LogP contribution in [0.2, 0.25) is 0 Å². The van der Waals surface area contributed by atoms with E-state index in [1.54, 1.807) is 6.92 Å². The third-order valence-electron chi connectivity index (χ3n) is 5.22. The Balaban J connectivity index is 2.12. The predicted molar refractivity (Wildman–Crippen MR) is 90.5 cm³/mol. The number of esters is 1. The van der Waals surface area contributed by atoms with Crippen molar-refractivity contribution in [1.29, 1.82) is 0 Å². The monoisotopic (exact) mass is 410 g/mol. The molecule has 28 heavy (non-hydrogen) atoms. The lowest BCUT2D eigenvalue weighted by Gasteiger charge is -2.42. The number of carbonyl (C=O) groups is 1. The molecule has 0 aromatic heterocycles. The normalized spacial score (nSPS) is 42.6. The van der Waals surface area contributed by atoms with E-state index >= 15 is 0 Å². The number of rotatable bonds is 7. The second kappa shape index (κ2) is 9.74. The Morgan fingerprint density at radius 1 is 0.857 bits per heavy atom. The molecule has 0 radical (unpaired) electrons. The van der Waals surface area contributed by atoms with E-state index < -0.39 is 80.4 Å².